The first-order valence-electron chi connectivity index (χ1n) is 15.1. The molecule has 3 heterocycles. The van der Waals surface area contributed by atoms with Crippen LogP contribution in [-0.4, -0.2) is 78.0 Å². The van der Waals surface area contributed by atoms with E-state index in [0.717, 1.165) is 11.1 Å². The molecule has 1 saturated heterocycles. The van der Waals surface area contributed by atoms with Crippen LogP contribution in [0.5, 0.6) is 5.75 Å². The molecule has 0 aliphatic carbocycles. The largest absolute Gasteiger partial charge is 0.493 e. The molecule has 240 valence electrons. The number of aryl methyl sites for hydroxylation is 3. The topological polar surface area (TPSA) is 138 Å². The van der Waals surface area contributed by atoms with Crippen LogP contribution in [0.1, 0.15) is 53.0 Å². The maximum Gasteiger partial charge on any atom is 0.277 e. The number of aromatic amines is 1. The molecule has 0 unspecified atom stereocenters. The Morgan fingerprint density at radius 3 is 2.42 bits per heavy atom. The number of H-pyrrole nitrogens is 1. The van der Waals surface area contributed by atoms with E-state index in [9.17, 15) is 18.0 Å². The number of fused-ring (bicyclic) bond motifs is 1. The van der Waals surface area contributed by atoms with Crippen molar-refractivity contribution in [2.24, 2.45) is 0 Å². The average Bonchev–Trinajstić information content (AvgIpc) is 3.30. The highest BCUT2D eigenvalue weighted by molar-refractivity contribution is 7.89. The molecule has 1 aliphatic heterocycles. The Hall–Kier alpha value is -4.04. The van der Waals surface area contributed by atoms with Crippen molar-refractivity contribution in [2.45, 2.75) is 52.0 Å². The number of nitrogens with one attached hydrogen (secondary N) is 2. The number of hydroxylamine groups is 1. The quantitative estimate of drug-likeness (QED) is 0.239. The Balaban J connectivity index is 1.54. The van der Waals surface area contributed by atoms with Crippen molar-refractivity contribution in [3.8, 4) is 17.1 Å². The molecule has 0 atom stereocenters. The smallest absolute Gasteiger partial charge is 0.277 e. The van der Waals surface area contributed by atoms with Crippen molar-refractivity contribution in [3.05, 3.63) is 80.8 Å². The van der Waals surface area contributed by atoms with E-state index in [2.05, 4.69) is 15.4 Å². The fourth-order valence-corrected chi connectivity index (χ4v) is 6.98. The van der Waals surface area contributed by atoms with Crippen LogP contribution in [0.4, 0.5) is 0 Å². The molecule has 0 bridgehead atoms. The standard InChI is InChI=1S/C32H40N6O6S/c1-6-8-26-28(31(39)35-44-20-23-11-9-21(3)10-12-23)22(4)29-32(40)33-30(34-38(26)29)25-19-24(13-14-27(25)43-7-2)45(41,42)37-17-15-36(5)16-18-37/h9-14,19H,6-8,15-18,20H2,1-5H3,(H,35,39)(H,33,34,40). The summed E-state index contributed by atoms with van der Waals surface area (Å²) in [5, 5.41) is 4.76. The summed E-state index contributed by atoms with van der Waals surface area (Å²) in [6.45, 7) is 10.0. The minimum atomic E-state index is -3.80. The lowest BCUT2D eigenvalue weighted by Gasteiger charge is -2.31. The lowest BCUT2D eigenvalue weighted by Crippen LogP contribution is -2.47. The number of benzene rings is 2. The van der Waals surface area contributed by atoms with E-state index >= 15 is 0 Å². The number of nitrogens with zero attached hydrogens (tertiary/aromatic N) is 4. The lowest BCUT2D eigenvalue weighted by molar-refractivity contribution is 0.0232. The molecule has 13 heteroatoms. The zero-order chi connectivity index (χ0) is 32.3. The van der Waals surface area contributed by atoms with Gasteiger partial charge >= 0.3 is 0 Å². The Kier molecular flexibility index (Phi) is 9.73. The number of hydrogen-bond acceptors (Lipinski definition) is 8. The second kappa shape index (κ2) is 13.5. The van der Waals surface area contributed by atoms with Crippen LogP contribution < -0.4 is 15.8 Å². The van der Waals surface area contributed by atoms with Gasteiger partial charge in [-0.2, -0.15) is 4.31 Å². The first kappa shape index (κ1) is 32.4. The van der Waals surface area contributed by atoms with Crippen molar-refractivity contribution in [1.29, 1.82) is 0 Å². The zero-order valence-electron chi connectivity index (χ0n) is 26.3. The average molecular weight is 637 g/mol. The van der Waals surface area contributed by atoms with E-state index in [1.54, 1.807) is 13.0 Å². The third kappa shape index (κ3) is 6.66. The summed E-state index contributed by atoms with van der Waals surface area (Å²) in [6, 6.07) is 12.4. The van der Waals surface area contributed by atoms with Gasteiger partial charge in [-0.25, -0.2) is 18.4 Å². The summed E-state index contributed by atoms with van der Waals surface area (Å²) in [6.07, 6.45) is 1.14. The molecule has 45 heavy (non-hydrogen) atoms. The third-order valence-electron chi connectivity index (χ3n) is 7.98. The van der Waals surface area contributed by atoms with Gasteiger partial charge in [-0.3, -0.25) is 14.4 Å². The van der Waals surface area contributed by atoms with Crippen LogP contribution >= 0.6 is 0 Å². The third-order valence-corrected chi connectivity index (χ3v) is 9.87. The van der Waals surface area contributed by atoms with Crippen LogP contribution in [0.25, 0.3) is 16.9 Å². The van der Waals surface area contributed by atoms with Crippen molar-refractivity contribution in [3.63, 3.8) is 0 Å². The highest BCUT2D eigenvalue weighted by Gasteiger charge is 2.29. The second-order valence-corrected chi connectivity index (χ2v) is 13.2. The molecule has 0 saturated carbocycles. The molecule has 2 N–H and O–H groups in total. The van der Waals surface area contributed by atoms with Gasteiger partial charge in [-0.05, 0) is 63.6 Å². The highest BCUT2D eigenvalue weighted by atomic mass is 32.2. The molecule has 0 radical (unpaired) electrons. The second-order valence-electron chi connectivity index (χ2n) is 11.3. The molecule has 1 amide bonds. The summed E-state index contributed by atoms with van der Waals surface area (Å²) in [4.78, 5) is 37.5. The number of ether oxygens (including phenoxy) is 1. The minimum Gasteiger partial charge on any atom is -0.493 e. The summed E-state index contributed by atoms with van der Waals surface area (Å²) >= 11 is 0. The van der Waals surface area contributed by atoms with Gasteiger partial charge in [0.1, 0.15) is 11.3 Å². The number of sulfonamides is 1. The van der Waals surface area contributed by atoms with Crippen LogP contribution in [0.2, 0.25) is 0 Å². The van der Waals surface area contributed by atoms with Gasteiger partial charge in [0.25, 0.3) is 11.5 Å². The number of rotatable bonds is 11. The van der Waals surface area contributed by atoms with Gasteiger partial charge in [0, 0.05) is 26.2 Å². The lowest BCUT2D eigenvalue weighted by atomic mass is 10.1. The highest BCUT2D eigenvalue weighted by Crippen LogP contribution is 2.32. The minimum absolute atomic E-state index is 0.0801. The van der Waals surface area contributed by atoms with Crippen LogP contribution in [0.3, 0.4) is 0 Å². The molecule has 12 nitrogen and oxygen atoms in total. The first-order chi connectivity index (χ1) is 21.5. The predicted molar refractivity (Wildman–Crippen MR) is 171 cm³/mol. The molecule has 5 rings (SSSR count). The number of carbonyl (C=O) groups is 1. The van der Waals surface area contributed by atoms with E-state index in [4.69, 9.17) is 14.7 Å². The number of piperazine rings is 1. The SMILES string of the molecule is CCCc1c(C(=O)NOCc2ccc(C)cc2)c(C)c2c(=O)[nH]c(-c3cc(S(=O)(=O)N4CCN(C)CC4)ccc3OCC)nn12. The Morgan fingerprint density at radius 2 is 1.76 bits per heavy atom. The Bertz CT molecular complexity index is 1860. The molecule has 1 fully saturated rings. The van der Waals surface area contributed by atoms with Crippen molar-refractivity contribution >= 4 is 21.4 Å². The van der Waals surface area contributed by atoms with E-state index in [1.807, 2.05) is 52.1 Å². The zero-order valence-corrected chi connectivity index (χ0v) is 27.2. The van der Waals surface area contributed by atoms with Crippen LogP contribution in [0, 0.1) is 13.8 Å². The van der Waals surface area contributed by atoms with Gasteiger partial charge in [0.2, 0.25) is 10.0 Å². The summed E-state index contributed by atoms with van der Waals surface area (Å²) in [5.41, 5.74) is 5.96. The van der Waals surface area contributed by atoms with E-state index < -0.39 is 21.5 Å². The molecule has 1 aliphatic rings. The summed E-state index contributed by atoms with van der Waals surface area (Å²) in [7, 11) is -1.85. The van der Waals surface area contributed by atoms with E-state index in [0.29, 0.717) is 73.8 Å². The fraction of sp³-hybridized carbons (Fsp3) is 0.406. The van der Waals surface area contributed by atoms with Gasteiger partial charge < -0.3 is 14.6 Å². The van der Waals surface area contributed by atoms with Crippen LogP contribution in [0.15, 0.2) is 52.2 Å². The number of hydrogen-bond donors (Lipinski definition) is 2. The summed E-state index contributed by atoms with van der Waals surface area (Å²) in [5.74, 6) is 0.0202. The molecular weight excluding hydrogens is 596 g/mol. The van der Waals surface area contributed by atoms with Crippen molar-refractivity contribution in [2.75, 3.05) is 39.8 Å². The van der Waals surface area contributed by atoms with E-state index in [-0.39, 0.29) is 22.8 Å². The molecular formula is C32H40N6O6S. The van der Waals surface area contributed by atoms with Gasteiger partial charge in [0.15, 0.2) is 5.82 Å². The van der Waals surface area contributed by atoms with Gasteiger partial charge in [0.05, 0.1) is 34.9 Å². The van der Waals surface area contributed by atoms with Crippen molar-refractivity contribution in [1.82, 2.24) is 29.3 Å². The van der Waals surface area contributed by atoms with E-state index in [1.165, 1.54) is 21.0 Å². The van der Waals surface area contributed by atoms with Gasteiger partial charge in [-0.1, -0.05) is 43.2 Å². The Morgan fingerprint density at radius 1 is 1.04 bits per heavy atom. The predicted octanol–water partition coefficient (Wildman–Crippen LogP) is 3.46. The molecule has 4 aromatic rings. The van der Waals surface area contributed by atoms with Crippen molar-refractivity contribution < 1.29 is 22.8 Å². The monoisotopic (exact) mass is 636 g/mol. The maximum atomic E-state index is 13.6. The number of likely N-dealkylation sites (N-methyl/N-ethyl adjacent to an activating group) is 1. The normalized spacial score (nSPS) is 14.6. The number of aromatic nitrogens is 3. The summed E-state index contributed by atoms with van der Waals surface area (Å²) < 4.78 is 36.0. The van der Waals surface area contributed by atoms with Crippen LogP contribution in [-0.2, 0) is 27.9 Å². The molecule has 2 aromatic carbocycles. The molecule has 0 spiro atoms. The van der Waals surface area contributed by atoms with Gasteiger partial charge in [-0.15, -0.1) is 5.10 Å². The maximum absolute atomic E-state index is 13.6. The fourth-order valence-electron chi connectivity index (χ4n) is 5.53. The first-order valence-corrected chi connectivity index (χ1v) is 16.6. The molecule has 2 aromatic heterocycles. The number of carbonyl (C=O) groups excluding carboxylic acids is 1. The Labute approximate surface area is 263 Å². The number of amides is 1.